The van der Waals surface area contributed by atoms with Gasteiger partial charge in [0.25, 0.3) is 0 Å². The molecule has 0 aromatic carbocycles. The largest absolute Gasteiger partial charge is 0.478 e. The van der Waals surface area contributed by atoms with Crippen molar-refractivity contribution < 1.29 is 9.90 Å². The molecule has 2 aromatic heterocycles. The molecule has 0 amide bonds. The van der Waals surface area contributed by atoms with E-state index < -0.39 is 5.97 Å². The van der Waals surface area contributed by atoms with Gasteiger partial charge in [-0.05, 0) is 24.1 Å². The molecule has 2 rings (SSSR count). The average Bonchev–Trinajstić information content (AvgIpc) is 2.78. The van der Waals surface area contributed by atoms with Crippen LogP contribution >= 0.6 is 0 Å². The molecule has 0 aliphatic carbocycles. The highest BCUT2D eigenvalue weighted by atomic mass is 16.4. The maximum Gasteiger partial charge on any atom is 0.337 e. The van der Waals surface area contributed by atoms with Gasteiger partial charge in [0.05, 0.1) is 5.56 Å². The van der Waals surface area contributed by atoms with E-state index in [-0.39, 0.29) is 5.56 Å². The lowest BCUT2D eigenvalue weighted by Gasteiger charge is -2.02. The Morgan fingerprint density at radius 1 is 1.44 bits per heavy atom. The Morgan fingerprint density at radius 2 is 2.25 bits per heavy atom. The highest BCUT2D eigenvalue weighted by Crippen LogP contribution is 2.09. The first-order valence-electron chi connectivity index (χ1n) is 5.07. The van der Waals surface area contributed by atoms with Crippen LogP contribution in [0.1, 0.15) is 22.8 Å². The van der Waals surface area contributed by atoms with Crippen molar-refractivity contribution in [3.8, 4) is 5.82 Å². The molecule has 0 spiro atoms. The second-order valence-corrected chi connectivity index (χ2v) is 3.49. The van der Waals surface area contributed by atoms with Gasteiger partial charge in [0.1, 0.15) is 5.82 Å². The van der Waals surface area contributed by atoms with Crippen LogP contribution in [0.3, 0.4) is 0 Å². The molecule has 0 aliphatic rings. The summed E-state index contributed by atoms with van der Waals surface area (Å²) in [6.45, 7) is 2.06. The van der Waals surface area contributed by atoms with E-state index in [0.717, 1.165) is 17.8 Å². The molecule has 82 valence electrons. The van der Waals surface area contributed by atoms with E-state index >= 15 is 0 Å². The molecule has 0 saturated heterocycles. The second kappa shape index (κ2) is 4.18. The van der Waals surface area contributed by atoms with Crippen LogP contribution < -0.4 is 0 Å². The van der Waals surface area contributed by atoms with Crippen molar-refractivity contribution in [2.24, 2.45) is 0 Å². The Balaban J connectivity index is 2.31. The molecule has 0 unspecified atom stereocenters. The van der Waals surface area contributed by atoms with Crippen molar-refractivity contribution in [3.63, 3.8) is 0 Å². The van der Waals surface area contributed by atoms with Gasteiger partial charge < -0.3 is 9.67 Å². The Bertz CT molecular complexity index is 500. The van der Waals surface area contributed by atoms with Crippen molar-refractivity contribution in [3.05, 3.63) is 47.9 Å². The van der Waals surface area contributed by atoms with Crippen LogP contribution in [0.15, 0.2) is 36.8 Å². The number of carboxylic acid groups (broad SMARTS) is 1. The molecule has 0 aliphatic heterocycles. The SMILES string of the molecule is CCc1ccc(-n2ccc(C(=O)O)c2)nc1. The van der Waals surface area contributed by atoms with Crippen molar-refractivity contribution >= 4 is 5.97 Å². The number of aryl methyl sites for hydroxylation is 1. The van der Waals surface area contributed by atoms with E-state index in [9.17, 15) is 4.79 Å². The molecule has 0 saturated carbocycles. The van der Waals surface area contributed by atoms with Crippen LogP contribution in [0.5, 0.6) is 0 Å². The predicted molar refractivity (Wildman–Crippen MR) is 59.9 cm³/mol. The van der Waals surface area contributed by atoms with Crippen LogP contribution in [0.4, 0.5) is 0 Å². The lowest BCUT2D eigenvalue weighted by molar-refractivity contribution is 0.0697. The molecular formula is C12H12N2O2. The van der Waals surface area contributed by atoms with Crippen LogP contribution in [-0.4, -0.2) is 20.6 Å². The fourth-order valence-corrected chi connectivity index (χ4v) is 1.44. The van der Waals surface area contributed by atoms with Gasteiger partial charge in [0.15, 0.2) is 0 Å². The van der Waals surface area contributed by atoms with Gasteiger partial charge in [-0.25, -0.2) is 9.78 Å². The number of carbonyl (C=O) groups is 1. The molecule has 2 heterocycles. The first-order valence-corrected chi connectivity index (χ1v) is 5.07. The molecule has 4 nitrogen and oxygen atoms in total. The Hall–Kier alpha value is -2.10. The fourth-order valence-electron chi connectivity index (χ4n) is 1.44. The molecule has 1 N–H and O–H groups in total. The summed E-state index contributed by atoms with van der Waals surface area (Å²) in [4.78, 5) is 15.0. The standard InChI is InChI=1S/C12H12N2O2/c1-2-9-3-4-11(13-7-9)14-6-5-10(8-14)12(15)16/h3-8H,2H2,1H3,(H,15,16). The molecule has 4 heteroatoms. The van der Waals surface area contributed by atoms with Gasteiger partial charge >= 0.3 is 5.97 Å². The predicted octanol–water partition coefficient (Wildman–Crippen LogP) is 2.13. The number of pyridine rings is 1. The van der Waals surface area contributed by atoms with Gasteiger partial charge in [-0.2, -0.15) is 0 Å². The van der Waals surface area contributed by atoms with Crippen LogP contribution in [-0.2, 0) is 6.42 Å². The summed E-state index contributed by atoms with van der Waals surface area (Å²) >= 11 is 0. The number of hydrogen-bond acceptors (Lipinski definition) is 2. The molecule has 0 radical (unpaired) electrons. The van der Waals surface area contributed by atoms with E-state index in [4.69, 9.17) is 5.11 Å². The topological polar surface area (TPSA) is 55.1 Å². The third-order valence-corrected chi connectivity index (χ3v) is 2.42. The summed E-state index contributed by atoms with van der Waals surface area (Å²) in [6, 6.07) is 5.42. The first-order chi connectivity index (χ1) is 7.70. The number of nitrogens with zero attached hydrogens (tertiary/aromatic N) is 2. The summed E-state index contributed by atoms with van der Waals surface area (Å²) < 4.78 is 1.70. The molecule has 0 atom stereocenters. The quantitative estimate of drug-likeness (QED) is 0.855. The van der Waals surface area contributed by atoms with Gasteiger partial charge in [0.2, 0.25) is 0 Å². The summed E-state index contributed by atoms with van der Waals surface area (Å²) in [6.07, 6.45) is 5.99. The Kier molecular flexibility index (Phi) is 2.72. The molecule has 0 bridgehead atoms. The molecule has 16 heavy (non-hydrogen) atoms. The van der Waals surface area contributed by atoms with Crippen LogP contribution in [0.2, 0.25) is 0 Å². The summed E-state index contributed by atoms with van der Waals surface area (Å²) in [7, 11) is 0. The minimum Gasteiger partial charge on any atom is -0.478 e. The van der Waals surface area contributed by atoms with Crippen molar-refractivity contribution in [2.45, 2.75) is 13.3 Å². The monoisotopic (exact) mass is 216 g/mol. The zero-order chi connectivity index (χ0) is 11.5. The zero-order valence-corrected chi connectivity index (χ0v) is 8.92. The number of aromatic nitrogens is 2. The smallest absolute Gasteiger partial charge is 0.337 e. The number of rotatable bonds is 3. The van der Waals surface area contributed by atoms with Gasteiger partial charge in [-0.15, -0.1) is 0 Å². The van der Waals surface area contributed by atoms with Crippen molar-refractivity contribution in [2.75, 3.05) is 0 Å². The van der Waals surface area contributed by atoms with Gasteiger partial charge in [-0.3, -0.25) is 0 Å². The lowest BCUT2D eigenvalue weighted by atomic mass is 10.2. The summed E-state index contributed by atoms with van der Waals surface area (Å²) in [5.74, 6) is -0.200. The van der Waals surface area contributed by atoms with Crippen molar-refractivity contribution in [1.82, 2.24) is 9.55 Å². The fraction of sp³-hybridized carbons (Fsp3) is 0.167. The maximum absolute atomic E-state index is 10.7. The Morgan fingerprint density at radius 3 is 2.75 bits per heavy atom. The molecule has 0 fully saturated rings. The molecular weight excluding hydrogens is 204 g/mol. The van der Waals surface area contributed by atoms with E-state index in [1.165, 1.54) is 0 Å². The van der Waals surface area contributed by atoms with Crippen LogP contribution in [0.25, 0.3) is 5.82 Å². The van der Waals surface area contributed by atoms with Gasteiger partial charge in [-0.1, -0.05) is 13.0 Å². The minimum atomic E-state index is -0.927. The highest BCUT2D eigenvalue weighted by Gasteiger charge is 2.05. The number of hydrogen-bond donors (Lipinski definition) is 1. The number of carboxylic acids is 1. The number of aromatic carboxylic acids is 1. The third kappa shape index (κ3) is 1.95. The maximum atomic E-state index is 10.7. The van der Waals surface area contributed by atoms with E-state index in [0.29, 0.717) is 0 Å². The highest BCUT2D eigenvalue weighted by molar-refractivity contribution is 5.87. The Labute approximate surface area is 93.2 Å². The van der Waals surface area contributed by atoms with Gasteiger partial charge in [0, 0.05) is 18.6 Å². The van der Waals surface area contributed by atoms with Crippen molar-refractivity contribution in [1.29, 1.82) is 0 Å². The summed E-state index contributed by atoms with van der Waals surface area (Å²) in [5, 5.41) is 8.79. The van der Waals surface area contributed by atoms with E-state index in [2.05, 4.69) is 11.9 Å². The third-order valence-electron chi connectivity index (χ3n) is 2.42. The van der Waals surface area contributed by atoms with Crippen LogP contribution in [0, 0.1) is 0 Å². The van der Waals surface area contributed by atoms with E-state index in [1.807, 2.05) is 12.1 Å². The van der Waals surface area contributed by atoms with E-state index in [1.54, 1.807) is 29.2 Å². The zero-order valence-electron chi connectivity index (χ0n) is 8.92. The lowest BCUT2D eigenvalue weighted by Crippen LogP contribution is -1.96. The minimum absolute atomic E-state index is 0.265. The molecule has 2 aromatic rings. The average molecular weight is 216 g/mol. The second-order valence-electron chi connectivity index (χ2n) is 3.49. The first kappa shape index (κ1) is 10.4. The summed E-state index contributed by atoms with van der Waals surface area (Å²) in [5.41, 5.74) is 1.43. The normalized spacial score (nSPS) is 10.3.